The topological polar surface area (TPSA) is 40.5 Å². The summed E-state index contributed by atoms with van der Waals surface area (Å²) in [5.74, 6) is 1.82. The van der Waals surface area contributed by atoms with Crippen molar-refractivity contribution in [1.82, 2.24) is 0 Å². The van der Waals surface area contributed by atoms with Gasteiger partial charge in [0.2, 0.25) is 0 Å². The summed E-state index contributed by atoms with van der Waals surface area (Å²) in [7, 11) is 0. The molecule has 18 heavy (non-hydrogen) atoms. The molecule has 0 aliphatic heterocycles. The maximum absolute atomic E-state index is 10.9. The molecule has 0 amide bonds. The summed E-state index contributed by atoms with van der Waals surface area (Å²) in [6.45, 7) is 6.75. The summed E-state index contributed by atoms with van der Waals surface area (Å²) in [5.41, 5.74) is -0.967. The van der Waals surface area contributed by atoms with Crippen LogP contribution in [0.1, 0.15) is 52.9 Å². The third kappa shape index (κ3) is 2.35. The highest BCUT2D eigenvalue weighted by molar-refractivity contribution is 5.25. The minimum atomic E-state index is -0.867. The molecule has 2 N–H and O–H groups in total. The molecule has 0 aromatic carbocycles. The zero-order chi connectivity index (χ0) is 13.4. The van der Waals surface area contributed by atoms with Gasteiger partial charge in [0, 0.05) is 11.8 Å². The van der Waals surface area contributed by atoms with Crippen LogP contribution >= 0.6 is 0 Å². The van der Waals surface area contributed by atoms with Gasteiger partial charge in [-0.2, -0.15) is 0 Å². The van der Waals surface area contributed by atoms with E-state index in [4.69, 9.17) is 0 Å². The molecule has 1 unspecified atom stereocenters. The number of allylic oxidation sites excluding steroid dienone is 2. The van der Waals surface area contributed by atoms with Crippen molar-refractivity contribution in [3.8, 4) is 0 Å². The molecule has 1 saturated carbocycles. The Morgan fingerprint density at radius 2 is 1.89 bits per heavy atom. The van der Waals surface area contributed by atoms with E-state index in [0.717, 1.165) is 24.7 Å². The van der Waals surface area contributed by atoms with Crippen molar-refractivity contribution in [1.29, 1.82) is 0 Å². The van der Waals surface area contributed by atoms with E-state index in [0.29, 0.717) is 12.2 Å². The maximum atomic E-state index is 10.9. The lowest BCUT2D eigenvalue weighted by Crippen LogP contribution is -2.48. The lowest BCUT2D eigenvalue weighted by Gasteiger charge is -2.48. The molecule has 0 radical (unpaired) electrons. The second-order valence-electron chi connectivity index (χ2n) is 6.76. The molecular weight excluding hydrogens is 224 g/mol. The molecule has 0 bridgehead atoms. The van der Waals surface area contributed by atoms with Crippen LogP contribution in [-0.4, -0.2) is 15.8 Å². The second-order valence-corrected chi connectivity index (χ2v) is 6.76. The van der Waals surface area contributed by atoms with Gasteiger partial charge in [-0.3, -0.25) is 0 Å². The molecular formula is C16H26O2. The van der Waals surface area contributed by atoms with Gasteiger partial charge in [-0.25, -0.2) is 0 Å². The average Bonchev–Trinajstić information content (AvgIpc) is 2.29. The molecule has 1 fully saturated rings. The Morgan fingerprint density at radius 3 is 2.39 bits per heavy atom. The van der Waals surface area contributed by atoms with Crippen LogP contribution in [0, 0.1) is 17.3 Å². The molecule has 2 aliphatic rings. The van der Waals surface area contributed by atoms with E-state index in [1.54, 1.807) is 12.2 Å². The number of hydrogen-bond donors (Lipinski definition) is 2. The van der Waals surface area contributed by atoms with Gasteiger partial charge in [-0.05, 0) is 43.6 Å². The molecule has 0 heterocycles. The van der Waals surface area contributed by atoms with Crippen LogP contribution in [0.15, 0.2) is 24.0 Å². The monoisotopic (exact) mass is 250 g/mol. The molecule has 0 aromatic rings. The van der Waals surface area contributed by atoms with Gasteiger partial charge in [0.05, 0.1) is 11.4 Å². The molecule has 2 heteroatoms. The Hall–Kier alpha value is -0.760. The third-order valence-corrected chi connectivity index (χ3v) is 5.23. The summed E-state index contributed by atoms with van der Waals surface area (Å²) >= 11 is 0. The summed E-state index contributed by atoms with van der Waals surface area (Å²) in [4.78, 5) is 0. The van der Waals surface area contributed by atoms with Gasteiger partial charge >= 0.3 is 0 Å². The first-order valence-electron chi connectivity index (χ1n) is 7.16. The van der Waals surface area contributed by atoms with E-state index < -0.39 is 5.60 Å². The van der Waals surface area contributed by atoms with Crippen LogP contribution in [0.4, 0.5) is 0 Å². The quantitative estimate of drug-likeness (QED) is 0.778. The smallest absolute Gasteiger partial charge is 0.0954 e. The zero-order valence-corrected chi connectivity index (χ0v) is 11.8. The van der Waals surface area contributed by atoms with E-state index in [1.165, 1.54) is 12.8 Å². The first-order valence-corrected chi connectivity index (χ1v) is 7.16. The van der Waals surface area contributed by atoms with Crippen LogP contribution < -0.4 is 0 Å². The molecule has 2 nitrogen and oxygen atoms in total. The fraction of sp³-hybridized carbons (Fsp3) is 0.750. The molecule has 1 atom stereocenters. The molecule has 102 valence electrons. The highest BCUT2D eigenvalue weighted by Crippen LogP contribution is 2.50. The minimum absolute atomic E-state index is 0.100. The van der Waals surface area contributed by atoms with Crippen molar-refractivity contribution in [3.63, 3.8) is 0 Å². The summed E-state index contributed by atoms with van der Waals surface area (Å²) in [6, 6.07) is 0. The van der Waals surface area contributed by atoms with Gasteiger partial charge in [0.15, 0.2) is 0 Å². The van der Waals surface area contributed by atoms with Gasteiger partial charge in [-0.15, -0.1) is 0 Å². The number of rotatable bonds is 2. The van der Waals surface area contributed by atoms with E-state index in [2.05, 4.69) is 20.8 Å². The lowest BCUT2D eigenvalue weighted by molar-refractivity contribution is -0.0717. The predicted molar refractivity (Wildman–Crippen MR) is 74.3 cm³/mol. The normalized spacial score (nSPS) is 40.9. The molecule has 0 saturated heterocycles. The Morgan fingerprint density at radius 1 is 1.28 bits per heavy atom. The van der Waals surface area contributed by atoms with Crippen LogP contribution in [0.2, 0.25) is 0 Å². The first-order chi connectivity index (χ1) is 8.36. The van der Waals surface area contributed by atoms with Gasteiger partial charge in [-0.1, -0.05) is 32.9 Å². The zero-order valence-electron chi connectivity index (χ0n) is 11.8. The third-order valence-electron chi connectivity index (χ3n) is 5.23. The highest BCUT2D eigenvalue weighted by Gasteiger charge is 2.48. The maximum Gasteiger partial charge on any atom is 0.0954 e. The van der Waals surface area contributed by atoms with Gasteiger partial charge in [0.1, 0.15) is 0 Å². The Kier molecular flexibility index (Phi) is 3.59. The van der Waals surface area contributed by atoms with E-state index in [9.17, 15) is 10.2 Å². The van der Waals surface area contributed by atoms with Crippen LogP contribution in [0.5, 0.6) is 0 Å². The van der Waals surface area contributed by atoms with Crippen molar-refractivity contribution >= 4 is 0 Å². The summed E-state index contributed by atoms with van der Waals surface area (Å²) in [5, 5.41) is 20.5. The van der Waals surface area contributed by atoms with E-state index in [1.807, 2.05) is 6.08 Å². The lowest BCUT2D eigenvalue weighted by atomic mass is 9.59. The molecule has 0 spiro atoms. The number of aliphatic hydroxyl groups excluding tert-OH is 1. The van der Waals surface area contributed by atoms with Gasteiger partial charge in [0.25, 0.3) is 0 Å². The van der Waals surface area contributed by atoms with Crippen LogP contribution in [0.3, 0.4) is 0 Å². The first kappa shape index (κ1) is 13.7. The van der Waals surface area contributed by atoms with E-state index >= 15 is 0 Å². The summed E-state index contributed by atoms with van der Waals surface area (Å²) < 4.78 is 0. The number of aliphatic hydroxyl groups is 2. The standard InChI is InChI=1S/C16H26O2/c1-12(2)13-6-9-15(3,10-7-13)16(18)8-4-5-14(17)11-16/h4-5,8,12-13,17-18H,6-7,9-11H2,1-3H3. The minimum Gasteiger partial charge on any atom is -0.512 e. The fourth-order valence-corrected chi connectivity index (χ4v) is 3.50. The van der Waals surface area contributed by atoms with E-state index in [-0.39, 0.29) is 5.41 Å². The SMILES string of the molecule is CC(C)C1CCC(C)(C2(O)C=CC=C(O)C2)CC1. The number of hydrogen-bond acceptors (Lipinski definition) is 2. The fourth-order valence-electron chi connectivity index (χ4n) is 3.50. The Balaban J connectivity index is 2.10. The molecule has 2 rings (SSSR count). The van der Waals surface area contributed by atoms with Gasteiger partial charge < -0.3 is 10.2 Å². The predicted octanol–water partition coefficient (Wildman–Crippen LogP) is 3.97. The van der Waals surface area contributed by atoms with Crippen molar-refractivity contribution in [2.24, 2.45) is 17.3 Å². The van der Waals surface area contributed by atoms with Crippen molar-refractivity contribution in [2.75, 3.05) is 0 Å². The largest absolute Gasteiger partial charge is 0.512 e. The van der Waals surface area contributed by atoms with Crippen molar-refractivity contribution < 1.29 is 10.2 Å². The molecule has 0 aromatic heterocycles. The van der Waals surface area contributed by atoms with Crippen molar-refractivity contribution in [3.05, 3.63) is 24.0 Å². The Bertz CT molecular complexity index is 359. The summed E-state index contributed by atoms with van der Waals surface area (Å²) in [6.07, 6.45) is 10.2. The Labute approximate surface area is 110 Å². The molecule has 2 aliphatic carbocycles. The van der Waals surface area contributed by atoms with Crippen molar-refractivity contribution in [2.45, 2.75) is 58.5 Å². The second kappa shape index (κ2) is 4.73. The van der Waals surface area contributed by atoms with Crippen LogP contribution in [-0.2, 0) is 0 Å². The average molecular weight is 250 g/mol. The highest BCUT2D eigenvalue weighted by atomic mass is 16.3. The van der Waals surface area contributed by atoms with Crippen LogP contribution in [0.25, 0.3) is 0 Å².